The van der Waals surface area contributed by atoms with Crippen LogP contribution in [0.3, 0.4) is 0 Å². The summed E-state index contributed by atoms with van der Waals surface area (Å²) in [7, 11) is 0. The Kier molecular flexibility index (Phi) is 5.48. The van der Waals surface area contributed by atoms with Crippen LogP contribution in [0.2, 0.25) is 5.02 Å². The molecule has 4 aromatic rings. The fourth-order valence-corrected chi connectivity index (χ4v) is 4.16. The van der Waals surface area contributed by atoms with Crippen LogP contribution in [0.5, 0.6) is 0 Å². The summed E-state index contributed by atoms with van der Waals surface area (Å²) in [5.41, 5.74) is -1.40. The minimum Gasteiger partial charge on any atom is -0.478 e. The molecule has 0 fully saturated rings. The van der Waals surface area contributed by atoms with Crippen molar-refractivity contribution in [3.63, 3.8) is 0 Å². The van der Waals surface area contributed by atoms with Crippen LogP contribution in [-0.4, -0.2) is 42.2 Å². The molecule has 2 aromatic heterocycles. The van der Waals surface area contributed by atoms with Gasteiger partial charge in [-0.2, -0.15) is 4.68 Å². The van der Waals surface area contributed by atoms with Crippen molar-refractivity contribution in [2.75, 3.05) is 5.32 Å². The van der Waals surface area contributed by atoms with E-state index in [4.69, 9.17) is 16.7 Å². The molecule has 0 unspecified atom stereocenters. The van der Waals surface area contributed by atoms with Crippen LogP contribution in [0.4, 0.5) is 14.5 Å². The highest BCUT2D eigenvalue weighted by Gasteiger charge is 2.52. The van der Waals surface area contributed by atoms with Gasteiger partial charge >= 0.3 is 5.97 Å². The Labute approximate surface area is 201 Å². The Hall–Kier alpha value is -4.25. The van der Waals surface area contributed by atoms with Crippen molar-refractivity contribution in [3.8, 4) is 16.8 Å². The van der Waals surface area contributed by atoms with Gasteiger partial charge in [-0.1, -0.05) is 11.6 Å². The average molecular weight is 497 g/mol. The fraction of sp³-hybridized carbons (Fsp3) is 0.130. The van der Waals surface area contributed by atoms with E-state index in [0.717, 1.165) is 0 Å². The summed E-state index contributed by atoms with van der Waals surface area (Å²) < 4.78 is 32.3. The Morgan fingerprint density at radius 2 is 1.94 bits per heavy atom. The number of nitrogens with zero attached hydrogens (tertiary/aromatic N) is 5. The SMILES string of the molecule is O=C(O)c1ccc(NC(=O)[C@@]2(F)C[C@H](F)c3cc(-c4cc(Cl)ccc4-n4cnnn4)cnc32)cc1. The molecule has 2 atom stereocenters. The molecule has 9 nitrogen and oxygen atoms in total. The summed E-state index contributed by atoms with van der Waals surface area (Å²) >= 11 is 6.16. The standard InChI is InChI=1S/C23H15ClF2N6O3/c24-14-3-6-19(32-11-28-30-31-32)16(8-14)13-7-17-18(25)9-23(26,20(17)27-10-13)22(35)29-15-4-1-12(2-5-15)21(33)34/h1-8,10-11,18H,9H2,(H,29,35)(H,33,34)/t18-,23+/m0/s1. The van der Waals surface area contributed by atoms with E-state index in [2.05, 4.69) is 25.8 Å². The van der Waals surface area contributed by atoms with Crippen molar-refractivity contribution < 1.29 is 23.5 Å². The van der Waals surface area contributed by atoms with Crippen LogP contribution in [0, 0.1) is 0 Å². The predicted octanol–water partition coefficient (Wildman–Crippen LogP) is 4.29. The van der Waals surface area contributed by atoms with Crippen LogP contribution in [0.1, 0.15) is 34.2 Å². The van der Waals surface area contributed by atoms with E-state index >= 15 is 8.78 Å². The zero-order valence-corrected chi connectivity index (χ0v) is 18.4. The lowest BCUT2D eigenvalue weighted by molar-refractivity contribution is -0.128. The average Bonchev–Trinajstić information content (AvgIpc) is 3.46. The normalized spacial score (nSPS) is 18.8. The second kappa shape index (κ2) is 8.51. The van der Waals surface area contributed by atoms with Gasteiger partial charge in [-0.05, 0) is 59.0 Å². The van der Waals surface area contributed by atoms with Gasteiger partial charge in [0.1, 0.15) is 12.5 Å². The summed E-state index contributed by atoms with van der Waals surface area (Å²) in [4.78, 5) is 27.9. The quantitative estimate of drug-likeness (QED) is 0.422. The fourth-order valence-electron chi connectivity index (χ4n) is 3.99. The summed E-state index contributed by atoms with van der Waals surface area (Å²) in [5, 5.41) is 22.9. The molecule has 35 heavy (non-hydrogen) atoms. The van der Waals surface area contributed by atoms with Crippen LogP contribution in [-0.2, 0) is 10.5 Å². The summed E-state index contributed by atoms with van der Waals surface area (Å²) in [6.45, 7) is 0. The number of alkyl halides is 2. The summed E-state index contributed by atoms with van der Waals surface area (Å²) in [6, 6.07) is 11.6. The smallest absolute Gasteiger partial charge is 0.335 e. The highest BCUT2D eigenvalue weighted by molar-refractivity contribution is 6.31. The number of fused-ring (bicyclic) bond motifs is 1. The largest absolute Gasteiger partial charge is 0.478 e. The van der Waals surface area contributed by atoms with Crippen molar-refractivity contribution in [1.29, 1.82) is 0 Å². The van der Waals surface area contributed by atoms with E-state index in [0.29, 0.717) is 21.8 Å². The molecule has 176 valence electrons. The van der Waals surface area contributed by atoms with Crippen molar-refractivity contribution >= 4 is 29.2 Å². The summed E-state index contributed by atoms with van der Waals surface area (Å²) in [5.74, 6) is -2.24. The first-order chi connectivity index (χ1) is 16.8. The molecule has 1 amide bonds. The van der Waals surface area contributed by atoms with Crippen LogP contribution < -0.4 is 5.32 Å². The van der Waals surface area contributed by atoms with Crippen LogP contribution >= 0.6 is 11.6 Å². The third-order valence-corrected chi connectivity index (χ3v) is 5.94. The number of pyridine rings is 1. The molecule has 5 rings (SSSR count). The molecule has 1 aliphatic rings. The molecule has 0 saturated heterocycles. The number of carbonyl (C=O) groups is 2. The second-order valence-corrected chi connectivity index (χ2v) is 8.32. The lowest BCUT2D eigenvalue weighted by Crippen LogP contribution is -2.35. The number of rotatable bonds is 5. The Balaban J connectivity index is 1.49. The van der Waals surface area contributed by atoms with Gasteiger partial charge in [0, 0.05) is 40.0 Å². The minimum atomic E-state index is -2.72. The lowest BCUT2D eigenvalue weighted by Gasteiger charge is -2.19. The molecule has 12 heteroatoms. The van der Waals surface area contributed by atoms with Crippen LogP contribution in [0.15, 0.2) is 61.1 Å². The molecule has 0 aliphatic heterocycles. The summed E-state index contributed by atoms with van der Waals surface area (Å²) in [6.07, 6.45) is 0.191. The van der Waals surface area contributed by atoms with E-state index < -0.39 is 30.1 Å². The number of hydrogen-bond acceptors (Lipinski definition) is 6. The number of tetrazole rings is 1. The zero-order chi connectivity index (χ0) is 24.7. The molecular formula is C23H15ClF2N6O3. The second-order valence-electron chi connectivity index (χ2n) is 7.89. The van der Waals surface area contributed by atoms with Gasteiger partial charge < -0.3 is 10.4 Å². The Morgan fingerprint density at radius 3 is 2.63 bits per heavy atom. The Morgan fingerprint density at radius 1 is 1.17 bits per heavy atom. The van der Waals surface area contributed by atoms with Crippen LogP contribution in [0.25, 0.3) is 16.8 Å². The molecular weight excluding hydrogens is 482 g/mol. The number of benzene rings is 2. The number of carboxylic acid groups (broad SMARTS) is 1. The van der Waals surface area contributed by atoms with E-state index in [1.165, 1.54) is 47.5 Å². The van der Waals surface area contributed by atoms with Gasteiger partial charge in [0.25, 0.3) is 5.91 Å². The van der Waals surface area contributed by atoms with E-state index in [1.54, 1.807) is 18.2 Å². The molecule has 0 saturated carbocycles. The first kappa shape index (κ1) is 22.5. The molecule has 0 spiro atoms. The maximum absolute atomic E-state index is 15.9. The van der Waals surface area contributed by atoms with Crippen molar-refractivity contribution in [3.05, 3.63) is 82.9 Å². The number of hydrogen-bond donors (Lipinski definition) is 2. The number of aromatic nitrogens is 5. The van der Waals surface area contributed by atoms with Gasteiger partial charge in [-0.3, -0.25) is 9.78 Å². The molecule has 2 N–H and O–H groups in total. The van der Waals surface area contributed by atoms with Crippen molar-refractivity contribution in [1.82, 2.24) is 25.2 Å². The third-order valence-electron chi connectivity index (χ3n) is 5.71. The number of aromatic carboxylic acids is 1. The number of amides is 1. The van der Waals surface area contributed by atoms with Gasteiger partial charge in [0.05, 0.1) is 16.9 Å². The third kappa shape index (κ3) is 3.99. The maximum atomic E-state index is 15.9. The number of nitrogens with one attached hydrogen (secondary N) is 1. The van der Waals surface area contributed by atoms with Gasteiger partial charge in [0.2, 0.25) is 5.67 Å². The first-order valence-corrected chi connectivity index (χ1v) is 10.7. The highest BCUT2D eigenvalue weighted by atomic mass is 35.5. The zero-order valence-electron chi connectivity index (χ0n) is 17.7. The molecule has 1 aliphatic carbocycles. The topological polar surface area (TPSA) is 123 Å². The number of carboxylic acids is 1. The highest BCUT2D eigenvalue weighted by Crippen LogP contribution is 2.48. The predicted molar refractivity (Wildman–Crippen MR) is 121 cm³/mol. The molecule has 2 heterocycles. The monoisotopic (exact) mass is 496 g/mol. The number of carbonyl (C=O) groups excluding carboxylic acids is 1. The maximum Gasteiger partial charge on any atom is 0.335 e. The first-order valence-electron chi connectivity index (χ1n) is 10.3. The number of anilines is 1. The Bertz CT molecular complexity index is 1450. The van der Waals surface area contributed by atoms with Gasteiger partial charge in [-0.15, -0.1) is 5.10 Å². The lowest BCUT2D eigenvalue weighted by atomic mass is 9.99. The molecule has 0 bridgehead atoms. The molecule has 0 radical (unpaired) electrons. The van der Waals surface area contributed by atoms with E-state index in [9.17, 15) is 9.59 Å². The van der Waals surface area contributed by atoms with Gasteiger partial charge in [-0.25, -0.2) is 13.6 Å². The van der Waals surface area contributed by atoms with E-state index in [1.807, 2.05) is 0 Å². The van der Waals surface area contributed by atoms with Gasteiger partial charge in [0.15, 0.2) is 0 Å². The molecule has 2 aromatic carbocycles. The van der Waals surface area contributed by atoms with Crippen molar-refractivity contribution in [2.24, 2.45) is 0 Å². The number of halogens is 3. The minimum absolute atomic E-state index is 0.00394. The van der Waals surface area contributed by atoms with Crippen molar-refractivity contribution in [2.45, 2.75) is 18.3 Å². The van der Waals surface area contributed by atoms with E-state index in [-0.39, 0.29) is 22.5 Å².